The molecular formula is C31H38N6O5S. The van der Waals surface area contributed by atoms with Crippen molar-refractivity contribution in [3.8, 4) is 0 Å². The number of carbonyl (C=O) groups excluding carboxylic acids is 3. The molecule has 43 heavy (non-hydrogen) atoms. The van der Waals surface area contributed by atoms with E-state index in [1.807, 2.05) is 68.6 Å². The van der Waals surface area contributed by atoms with Crippen LogP contribution in [0.3, 0.4) is 0 Å². The fourth-order valence-electron chi connectivity index (χ4n) is 5.07. The van der Waals surface area contributed by atoms with E-state index in [9.17, 15) is 24.3 Å². The average molecular weight is 607 g/mol. The van der Waals surface area contributed by atoms with Crippen LogP contribution in [0.1, 0.15) is 31.4 Å². The zero-order valence-corrected chi connectivity index (χ0v) is 25.0. The summed E-state index contributed by atoms with van der Waals surface area (Å²) in [5.74, 6) is -3.09. The molecule has 4 atom stereocenters. The topological polar surface area (TPSA) is 182 Å². The molecule has 4 aromatic rings. The minimum Gasteiger partial charge on any atom is -0.480 e. The molecule has 0 spiro atoms. The van der Waals surface area contributed by atoms with Crippen LogP contribution in [0.2, 0.25) is 0 Å². The van der Waals surface area contributed by atoms with Crippen molar-refractivity contribution >= 4 is 58.1 Å². The Morgan fingerprint density at radius 1 is 0.767 bits per heavy atom. The van der Waals surface area contributed by atoms with Gasteiger partial charge in [0.25, 0.3) is 0 Å². The zero-order valence-electron chi connectivity index (χ0n) is 24.1. The molecule has 0 saturated heterocycles. The molecule has 0 radical (unpaired) electrons. The highest BCUT2D eigenvalue weighted by molar-refractivity contribution is 7.80. The molecule has 2 heterocycles. The number of nitrogens with one attached hydrogen (secondary N) is 5. The maximum Gasteiger partial charge on any atom is 0.327 e. The monoisotopic (exact) mass is 606 g/mol. The Hall–Kier alpha value is -4.29. The van der Waals surface area contributed by atoms with Gasteiger partial charge in [-0.3, -0.25) is 14.4 Å². The molecule has 2 aromatic carbocycles. The summed E-state index contributed by atoms with van der Waals surface area (Å²) >= 11 is 4.01. The molecule has 11 nitrogen and oxygen atoms in total. The van der Waals surface area contributed by atoms with E-state index in [1.165, 1.54) is 0 Å². The van der Waals surface area contributed by atoms with E-state index in [2.05, 4.69) is 38.5 Å². The number of thiol groups is 1. The number of benzene rings is 2. The molecule has 4 unspecified atom stereocenters. The van der Waals surface area contributed by atoms with Gasteiger partial charge in [0.05, 0.1) is 6.04 Å². The van der Waals surface area contributed by atoms with Crippen LogP contribution in [-0.4, -0.2) is 68.7 Å². The van der Waals surface area contributed by atoms with Gasteiger partial charge in [0.1, 0.15) is 18.1 Å². The van der Waals surface area contributed by atoms with E-state index >= 15 is 0 Å². The number of fused-ring (bicyclic) bond motifs is 2. The van der Waals surface area contributed by atoms with Crippen molar-refractivity contribution < 1.29 is 24.3 Å². The van der Waals surface area contributed by atoms with Crippen LogP contribution >= 0.6 is 12.6 Å². The third-order valence-electron chi connectivity index (χ3n) is 7.32. The molecule has 2 aromatic heterocycles. The SMILES string of the molecule is CC(C)CC(NC(=O)C(Cc1c[nH]c2ccccc12)NC(=O)C(N)Cc1c[nH]c2ccccc12)C(=O)NC(CS)C(=O)O. The van der Waals surface area contributed by atoms with Crippen LogP contribution in [0.4, 0.5) is 0 Å². The molecule has 0 saturated carbocycles. The van der Waals surface area contributed by atoms with Crippen LogP contribution < -0.4 is 21.7 Å². The lowest BCUT2D eigenvalue weighted by Gasteiger charge is -2.26. The molecular weight excluding hydrogens is 568 g/mol. The number of aliphatic carboxylic acids is 1. The van der Waals surface area contributed by atoms with Gasteiger partial charge in [0, 0.05) is 46.4 Å². The van der Waals surface area contributed by atoms with E-state index in [4.69, 9.17) is 5.73 Å². The van der Waals surface area contributed by atoms with Crippen molar-refractivity contribution in [1.82, 2.24) is 25.9 Å². The second kappa shape index (κ2) is 14.3. The second-order valence-corrected chi connectivity index (χ2v) is 11.4. The van der Waals surface area contributed by atoms with E-state index in [-0.39, 0.29) is 30.9 Å². The van der Waals surface area contributed by atoms with Gasteiger partial charge in [0.2, 0.25) is 17.7 Å². The van der Waals surface area contributed by atoms with Crippen molar-refractivity contribution in [2.75, 3.05) is 5.75 Å². The molecule has 0 bridgehead atoms. The highest BCUT2D eigenvalue weighted by atomic mass is 32.1. The zero-order chi connectivity index (χ0) is 31.1. The second-order valence-electron chi connectivity index (χ2n) is 11.1. The van der Waals surface area contributed by atoms with Crippen molar-refractivity contribution in [2.45, 2.75) is 57.3 Å². The van der Waals surface area contributed by atoms with Gasteiger partial charge in [-0.1, -0.05) is 50.2 Å². The summed E-state index contributed by atoms with van der Waals surface area (Å²) in [6.45, 7) is 3.77. The third-order valence-corrected chi connectivity index (χ3v) is 7.69. The first-order valence-corrected chi connectivity index (χ1v) is 14.8. The molecule has 0 aliphatic heterocycles. The number of aromatic amines is 2. The standard InChI is InChI=1S/C31H38N6O5S/c1-17(2)11-25(29(39)37-27(16-43)31(41)42)36-30(40)26(13-19-15-34-24-10-6-4-8-21(19)24)35-28(38)22(32)12-18-14-33-23-9-5-3-7-20(18)23/h3-10,14-15,17,22,25-27,33-34,43H,11-13,16,32H2,1-2H3,(H,35,38)(H,36,40)(H,37,39)(H,41,42). The largest absolute Gasteiger partial charge is 0.480 e. The normalized spacial score (nSPS) is 14.3. The van der Waals surface area contributed by atoms with E-state index in [1.54, 1.807) is 6.20 Å². The minimum absolute atomic E-state index is 0.00147. The Kier molecular flexibility index (Phi) is 10.5. The van der Waals surface area contributed by atoms with Gasteiger partial charge in [-0.05, 0) is 42.0 Å². The number of carboxylic acid groups (broad SMARTS) is 1. The summed E-state index contributed by atoms with van der Waals surface area (Å²) in [6, 6.07) is 11.0. The van der Waals surface area contributed by atoms with Gasteiger partial charge in [-0.2, -0.15) is 12.6 Å². The molecule has 4 rings (SSSR count). The molecule has 0 fully saturated rings. The van der Waals surface area contributed by atoms with E-state index in [0.29, 0.717) is 0 Å². The highest BCUT2D eigenvalue weighted by Gasteiger charge is 2.31. The lowest BCUT2D eigenvalue weighted by molar-refractivity contribution is -0.141. The molecule has 8 N–H and O–H groups in total. The fourth-order valence-corrected chi connectivity index (χ4v) is 5.32. The Bertz CT molecular complexity index is 1600. The van der Waals surface area contributed by atoms with Crippen molar-refractivity contribution in [2.24, 2.45) is 11.7 Å². The van der Waals surface area contributed by atoms with Crippen LogP contribution in [0.5, 0.6) is 0 Å². The lowest BCUT2D eigenvalue weighted by atomic mass is 10.00. The number of rotatable bonds is 14. The predicted octanol–water partition coefficient (Wildman–Crippen LogP) is 2.28. The fraction of sp³-hybridized carbons (Fsp3) is 0.355. The summed E-state index contributed by atoms with van der Waals surface area (Å²) in [5.41, 5.74) is 9.82. The van der Waals surface area contributed by atoms with Crippen LogP contribution in [0.15, 0.2) is 60.9 Å². The Morgan fingerprint density at radius 2 is 1.26 bits per heavy atom. The Morgan fingerprint density at radius 3 is 1.79 bits per heavy atom. The molecule has 12 heteroatoms. The number of para-hydroxylation sites is 2. The summed E-state index contributed by atoms with van der Waals surface area (Å²) in [4.78, 5) is 58.0. The maximum atomic E-state index is 13.7. The van der Waals surface area contributed by atoms with Gasteiger partial charge in [0.15, 0.2) is 0 Å². The number of aromatic nitrogens is 2. The number of hydrogen-bond acceptors (Lipinski definition) is 6. The first-order valence-electron chi connectivity index (χ1n) is 14.2. The average Bonchev–Trinajstić information content (AvgIpc) is 3.58. The molecule has 3 amide bonds. The first kappa shape index (κ1) is 31.6. The number of carboxylic acids is 1. The van der Waals surface area contributed by atoms with Gasteiger partial charge in [-0.25, -0.2) is 4.79 Å². The van der Waals surface area contributed by atoms with Crippen molar-refractivity contribution in [3.63, 3.8) is 0 Å². The number of carbonyl (C=O) groups is 4. The summed E-state index contributed by atoms with van der Waals surface area (Å²) in [5, 5.41) is 19.2. The Balaban J connectivity index is 1.55. The first-order chi connectivity index (χ1) is 20.6. The van der Waals surface area contributed by atoms with Crippen molar-refractivity contribution in [1.29, 1.82) is 0 Å². The minimum atomic E-state index is -1.23. The predicted molar refractivity (Wildman–Crippen MR) is 169 cm³/mol. The van der Waals surface area contributed by atoms with Crippen molar-refractivity contribution in [3.05, 3.63) is 72.1 Å². The maximum absolute atomic E-state index is 13.7. The number of nitrogens with two attached hydrogens (primary N) is 1. The lowest BCUT2D eigenvalue weighted by Crippen LogP contribution is -2.58. The van der Waals surface area contributed by atoms with Crippen LogP contribution in [0.25, 0.3) is 21.8 Å². The van der Waals surface area contributed by atoms with E-state index in [0.717, 1.165) is 32.9 Å². The number of H-pyrrole nitrogens is 2. The summed E-state index contributed by atoms with van der Waals surface area (Å²) in [6.07, 6.45) is 4.23. The van der Waals surface area contributed by atoms with Crippen LogP contribution in [0, 0.1) is 5.92 Å². The third kappa shape index (κ3) is 7.96. The highest BCUT2D eigenvalue weighted by Crippen LogP contribution is 2.21. The quantitative estimate of drug-likeness (QED) is 0.102. The Labute approximate surface area is 254 Å². The van der Waals surface area contributed by atoms with E-state index < -0.39 is 47.9 Å². The van der Waals surface area contributed by atoms with Gasteiger partial charge in [-0.15, -0.1) is 0 Å². The molecule has 0 aliphatic rings. The smallest absolute Gasteiger partial charge is 0.327 e. The summed E-state index contributed by atoms with van der Waals surface area (Å²) in [7, 11) is 0. The van der Waals surface area contributed by atoms with Gasteiger partial charge < -0.3 is 36.8 Å². The number of amides is 3. The molecule has 0 aliphatic carbocycles. The van der Waals surface area contributed by atoms with Gasteiger partial charge >= 0.3 is 5.97 Å². The summed E-state index contributed by atoms with van der Waals surface area (Å²) < 4.78 is 0. The van der Waals surface area contributed by atoms with Crippen LogP contribution in [-0.2, 0) is 32.0 Å². The number of hydrogen-bond donors (Lipinski definition) is 8. The molecule has 228 valence electrons.